The average molecular weight is 524 g/mol. The van der Waals surface area contributed by atoms with Gasteiger partial charge in [-0.05, 0) is 42.7 Å². The highest BCUT2D eigenvalue weighted by atomic mass is 32.3. The molecule has 0 aliphatic carbocycles. The molecule has 2 aromatic rings. The number of halogens is 1. The SMILES string of the molecule is CCCCC1(CC)CC(c2ccccc2)c2cc(SC)c(O/C=C(\F)C(=O)O)cc2S(O)(O)N1C. The lowest BCUT2D eigenvalue weighted by atomic mass is 9.76. The maximum Gasteiger partial charge on any atom is 0.368 e. The zero-order valence-electron chi connectivity index (χ0n) is 20.5. The summed E-state index contributed by atoms with van der Waals surface area (Å²) in [6.45, 7) is 4.21. The number of ether oxygens (including phenoxy) is 1. The standard InChI is InChI=1S/C26H34FNO5S2/c1-5-7-13-26(6-2)16-20(18-11-9-8-10-12-18)19-14-23(34-4)22(33-17-21(27)25(29)30)15-24(19)35(31,32)28(26)3/h8-12,14-15,17,20,31-32H,5-7,13,16H2,1-4H3,(H,29,30)/b21-17-. The summed E-state index contributed by atoms with van der Waals surface area (Å²) in [5.74, 6) is -3.11. The zero-order valence-corrected chi connectivity index (χ0v) is 22.2. The molecule has 35 heavy (non-hydrogen) atoms. The predicted molar refractivity (Wildman–Crippen MR) is 140 cm³/mol. The van der Waals surface area contributed by atoms with Crippen LogP contribution in [0.1, 0.15) is 63.0 Å². The van der Waals surface area contributed by atoms with E-state index in [-0.39, 0.29) is 11.7 Å². The first-order chi connectivity index (χ1) is 16.6. The monoisotopic (exact) mass is 523 g/mol. The minimum Gasteiger partial charge on any atom is -0.476 e. The van der Waals surface area contributed by atoms with Crippen LogP contribution in [-0.2, 0) is 4.79 Å². The van der Waals surface area contributed by atoms with Crippen molar-refractivity contribution in [1.82, 2.24) is 4.31 Å². The lowest BCUT2D eigenvalue weighted by Gasteiger charge is -2.50. The van der Waals surface area contributed by atoms with E-state index < -0.39 is 28.1 Å². The van der Waals surface area contributed by atoms with Gasteiger partial charge in [0.2, 0.25) is 5.83 Å². The second kappa shape index (κ2) is 11.3. The van der Waals surface area contributed by atoms with Gasteiger partial charge in [0.25, 0.3) is 0 Å². The van der Waals surface area contributed by atoms with Crippen LogP contribution >= 0.6 is 22.5 Å². The first-order valence-corrected chi connectivity index (χ1v) is 14.4. The van der Waals surface area contributed by atoms with Gasteiger partial charge in [-0.3, -0.25) is 9.11 Å². The molecule has 0 radical (unpaired) electrons. The summed E-state index contributed by atoms with van der Waals surface area (Å²) in [5, 5.41) is 8.84. The number of unbranched alkanes of at least 4 members (excludes halogenated alkanes) is 1. The Kier molecular flexibility index (Phi) is 8.93. The molecule has 2 aromatic carbocycles. The number of nitrogens with zero attached hydrogens (tertiary/aromatic N) is 1. The van der Waals surface area contributed by atoms with E-state index in [2.05, 4.69) is 26.0 Å². The topological polar surface area (TPSA) is 90.2 Å². The molecule has 0 amide bonds. The van der Waals surface area contributed by atoms with Crippen LogP contribution in [0.5, 0.6) is 5.75 Å². The van der Waals surface area contributed by atoms with Crippen molar-refractivity contribution in [3.05, 3.63) is 65.7 Å². The number of hydrogen-bond donors (Lipinski definition) is 3. The molecule has 192 valence electrons. The van der Waals surface area contributed by atoms with Gasteiger partial charge in [0.15, 0.2) is 0 Å². The first-order valence-electron chi connectivity index (χ1n) is 11.7. The van der Waals surface area contributed by atoms with E-state index in [9.17, 15) is 18.3 Å². The molecule has 0 aromatic heterocycles. The van der Waals surface area contributed by atoms with Crippen LogP contribution in [0.3, 0.4) is 0 Å². The molecule has 9 heteroatoms. The predicted octanol–water partition coefficient (Wildman–Crippen LogP) is 7.51. The number of aliphatic carboxylic acids is 1. The Morgan fingerprint density at radius 1 is 1.29 bits per heavy atom. The van der Waals surface area contributed by atoms with Gasteiger partial charge in [0.1, 0.15) is 12.0 Å². The minimum atomic E-state index is -3.44. The number of thioether (sulfide) groups is 1. The number of hydrogen-bond acceptors (Lipinski definition) is 6. The Hall–Kier alpha value is -2.04. The molecule has 0 fully saturated rings. The van der Waals surface area contributed by atoms with Crippen molar-refractivity contribution in [1.29, 1.82) is 0 Å². The van der Waals surface area contributed by atoms with Crippen molar-refractivity contribution in [2.45, 2.75) is 67.2 Å². The van der Waals surface area contributed by atoms with Crippen LogP contribution in [0.2, 0.25) is 0 Å². The molecule has 0 spiro atoms. The second-order valence-electron chi connectivity index (χ2n) is 8.79. The van der Waals surface area contributed by atoms with E-state index in [0.29, 0.717) is 22.5 Å². The van der Waals surface area contributed by atoms with Gasteiger partial charge in [-0.2, -0.15) is 8.70 Å². The highest BCUT2D eigenvalue weighted by Crippen LogP contribution is 2.63. The van der Waals surface area contributed by atoms with Crippen LogP contribution in [0.4, 0.5) is 4.39 Å². The lowest BCUT2D eigenvalue weighted by Crippen LogP contribution is -2.46. The van der Waals surface area contributed by atoms with Crippen LogP contribution < -0.4 is 4.74 Å². The van der Waals surface area contributed by atoms with E-state index in [4.69, 9.17) is 9.84 Å². The third kappa shape index (κ3) is 5.54. The third-order valence-corrected chi connectivity index (χ3v) is 9.80. The molecule has 0 bridgehead atoms. The highest BCUT2D eigenvalue weighted by molar-refractivity contribution is 8.22. The Bertz CT molecular complexity index is 1080. The van der Waals surface area contributed by atoms with Crippen molar-refractivity contribution in [2.75, 3.05) is 13.3 Å². The fraction of sp³-hybridized carbons (Fsp3) is 0.423. The Labute approximate surface area is 212 Å². The second-order valence-corrected chi connectivity index (χ2v) is 11.7. The van der Waals surface area contributed by atoms with E-state index in [1.54, 1.807) is 11.4 Å². The van der Waals surface area contributed by atoms with Gasteiger partial charge in [-0.25, -0.2) is 4.79 Å². The summed E-state index contributed by atoms with van der Waals surface area (Å²) in [6, 6.07) is 13.4. The lowest BCUT2D eigenvalue weighted by molar-refractivity contribution is -0.134. The number of carboxylic acids is 1. The van der Waals surface area contributed by atoms with Crippen molar-refractivity contribution >= 4 is 28.5 Å². The fourth-order valence-electron chi connectivity index (χ4n) is 4.81. The maximum atomic E-state index is 13.6. The molecule has 1 aliphatic rings. The quantitative estimate of drug-likeness (QED) is 0.178. The molecule has 3 N–H and O–H groups in total. The van der Waals surface area contributed by atoms with E-state index in [1.807, 2.05) is 30.5 Å². The molecular formula is C26H34FNO5S2. The van der Waals surface area contributed by atoms with Gasteiger partial charge >= 0.3 is 5.97 Å². The molecule has 1 aliphatic heterocycles. The molecule has 0 saturated heterocycles. The number of benzene rings is 2. The van der Waals surface area contributed by atoms with Crippen LogP contribution in [0.25, 0.3) is 0 Å². The third-order valence-electron chi connectivity index (χ3n) is 6.95. The fourth-order valence-corrected chi connectivity index (χ4v) is 7.28. The first kappa shape index (κ1) is 27.5. The van der Waals surface area contributed by atoms with E-state index in [1.165, 1.54) is 17.8 Å². The van der Waals surface area contributed by atoms with Crippen molar-refractivity contribution in [3.63, 3.8) is 0 Å². The number of fused-ring (bicyclic) bond motifs is 1. The summed E-state index contributed by atoms with van der Waals surface area (Å²) in [7, 11) is -1.67. The maximum absolute atomic E-state index is 13.6. The number of carboxylic acid groups (broad SMARTS) is 1. The molecule has 2 atom stereocenters. The summed E-state index contributed by atoms with van der Waals surface area (Å²) in [6.07, 6.45) is 6.57. The molecule has 1 heterocycles. The van der Waals surface area contributed by atoms with Crippen LogP contribution in [-0.4, -0.2) is 43.3 Å². The van der Waals surface area contributed by atoms with Crippen molar-refractivity contribution in [2.24, 2.45) is 0 Å². The number of carbonyl (C=O) groups is 1. The van der Waals surface area contributed by atoms with Crippen LogP contribution in [0, 0.1) is 0 Å². The summed E-state index contributed by atoms with van der Waals surface area (Å²) < 4.78 is 44.1. The highest BCUT2D eigenvalue weighted by Gasteiger charge is 2.47. The molecular weight excluding hydrogens is 489 g/mol. The van der Waals surface area contributed by atoms with Gasteiger partial charge < -0.3 is 9.84 Å². The Morgan fingerprint density at radius 2 is 1.97 bits per heavy atom. The molecule has 0 saturated carbocycles. The summed E-state index contributed by atoms with van der Waals surface area (Å²) >= 11 is 1.36. The summed E-state index contributed by atoms with van der Waals surface area (Å²) in [5.41, 5.74) is 1.41. The van der Waals surface area contributed by atoms with Crippen molar-refractivity contribution in [3.8, 4) is 5.75 Å². The van der Waals surface area contributed by atoms with Crippen LogP contribution in [0.15, 0.2) is 64.3 Å². The Balaban J connectivity index is 2.27. The summed E-state index contributed by atoms with van der Waals surface area (Å²) in [4.78, 5) is 11.8. The Morgan fingerprint density at radius 3 is 2.54 bits per heavy atom. The van der Waals surface area contributed by atoms with Crippen molar-refractivity contribution < 1.29 is 28.1 Å². The van der Waals surface area contributed by atoms with Gasteiger partial charge in [0, 0.05) is 24.6 Å². The smallest absolute Gasteiger partial charge is 0.368 e. The molecule has 6 nitrogen and oxygen atoms in total. The minimum absolute atomic E-state index is 0.106. The largest absolute Gasteiger partial charge is 0.476 e. The molecule has 3 rings (SSSR count). The van der Waals surface area contributed by atoms with Gasteiger partial charge in [0.05, 0.1) is 9.79 Å². The zero-order chi connectivity index (χ0) is 25.8. The normalized spacial score (nSPS) is 23.3. The number of rotatable bonds is 9. The van der Waals surface area contributed by atoms with E-state index >= 15 is 0 Å². The van der Waals surface area contributed by atoms with Gasteiger partial charge in [-0.1, -0.05) is 57.0 Å². The molecule has 2 unspecified atom stereocenters. The van der Waals surface area contributed by atoms with E-state index in [0.717, 1.165) is 36.8 Å². The average Bonchev–Trinajstić information content (AvgIpc) is 2.93. The van der Waals surface area contributed by atoms with Gasteiger partial charge in [-0.15, -0.1) is 22.5 Å².